The van der Waals surface area contributed by atoms with Gasteiger partial charge in [-0.1, -0.05) is 70.0 Å². The van der Waals surface area contributed by atoms with E-state index in [2.05, 4.69) is 21.2 Å². The van der Waals surface area contributed by atoms with E-state index in [1.165, 1.54) is 0 Å². The fraction of sp³-hybridized carbons (Fsp3) is 0.167. The van der Waals surface area contributed by atoms with Gasteiger partial charge in [-0.25, -0.2) is 4.79 Å². The molecule has 0 aliphatic heterocycles. The fourth-order valence-electron chi connectivity index (χ4n) is 1.92. The van der Waals surface area contributed by atoms with Crippen LogP contribution in [0.3, 0.4) is 0 Å². The van der Waals surface area contributed by atoms with E-state index in [1.807, 2.05) is 60.7 Å². The Labute approximate surface area is 149 Å². The van der Waals surface area contributed by atoms with Crippen molar-refractivity contribution in [1.82, 2.24) is 5.32 Å². The zero-order chi connectivity index (χ0) is 16.5. The summed E-state index contributed by atoms with van der Waals surface area (Å²) in [5.41, 5.74) is 1.98. The maximum atomic E-state index is 11.6. The van der Waals surface area contributed by atoms with Crippen LogP contribution in [-0.2, 0) is 11.3 Å². The lowest BCUT2D eigenvalue weighted by Crippen LogP contribution is -2.24. The molecule has 3 nitrogen and oxygen atoms in total. The monoisotopic (exact) mass is 393 g/mol. The third-order valence-electron chi connectivity index (χ3n) is 2.99. The number of ether oxygens (including phenoxy) is 1. The highest BCUT2D eigenvalue weighted by molar-refractivity contribution is 9.10. The maximum absolute atomic E-state index is 11.6. The smallest absolute Gasteiger partial charge is 0.407 e. The van der Waals surface area contributed by atoms with Crippen LogP contribution in [0.4, 0.5) is 4.79 Å². The van der Waals surface area contributed by atoms with Crippen LogP contribution in [-0.4, -0.2) is 12.6 Å². The zero-order valence-electron chi connectivity index (χ0n) is 12.5. The summed E-state index contributed by atoms with van der Waals surface area (Å²) in [6, 6.07) is 15.3. The van der Waals surface area contributed by atoms with Crippen LogP contribution in [0.5, 0.6) is 0 Å². The molecule has 0 atom stereocenters. The summed E-state index contributed by atoms with van der Waals surface area (Å²) in [6.45, 7) is 0.797. The highest BCUT2D eigenvalue weighted by atomic mass is 79.9. The highest BCUT2D eigenvalue weighted by Gasteiger charge is 2.00. The van der Waals surface area contributed by atoms with Crippen molar-refractivity contribution in [3.63, 3.8) is 0 Å². The summed E-state index contributed by atoms with van der Waals surface area (Å²) in [5, 5.41) is 3.40. The Balaban J connectivity index is 1.66. The first kappa shape index (κ1) is 17.6. The molecule has 0 heterocycles. The van der Waals surface area contributed by atoms with Crippen molar-refractivity contribution in [2.24, 2.45) is 0 Å². The van der Waals surface area contributed by atoms with Crippen molar-refractivity contribution in [3.05, 3.63) is 75.2 Å². The minimum atomic E-state index is -0.409. The third-order valence-corrected chi connectivity index (χ3v) is 3.66. The van der Waals surface area contributed by atoms with Gasteiger partial charge in [0, 0.05) is 16.0 Å². The third kappa shape index (κ3) is 6.89. The van der Waals surface area contributed by atoms with Crippen molar-refractivity contribution in [2.75, 3.05) is 6.54 Å². The Morgan fingerprint density at radius 1 is 1.22 bits per heavy atom. The molecule has 23 heavy (non-hydrogen) atoms. The summed E-state index contributed by atoms with van der Waals surface area (Å²) in [5.74, 6) is 0. The standard InChI is InChI=1S/C18H17BrClNO2/c19-16-10-15(11-17(20)12-16)8-4-5-9-21-18(22)23-13-14-6-2-1-3-7-14/h1-4,6-8,10-12H,5,9,13H2,(H,21,22). The Morgan fingerprint density at radius 3 is 2.74 bits per heavy atom. The van der Waals surface area contributed by atoms with Crippen molar-refractivity contribution >= 4 is 39.7 Å². The summed E-state index contributed by atoms with van der Waals surface area (Å²) in [4.78, 5) is 11.6. The number of halogens is 2. The molecule has 2 aromatic rings. The van der Waals surface area contributed by atoms with Gasteiger partial charge in [0.25, 0.3) is 0 Å². The van der Waals surface area contributed by atoms with Crippen LogP contribution in [0.25, 0.3) is 6.08 Å². The summed E-state index contributed by atoms with van der Waals surface area (Å²) < 4.78 is 6.06. The van der Waals surface area contributed by atoms with E-state index in [1.54, 1.807) is 0 Å². The molecule has 0 fully saturated rings. The summed E-state index contributed by atoms with van der Waals surface area (Å²) in [7, 11) is 0. The van der Waals surface area contributed by atoms with Crippen LogP contribution in [0, 0.1) is 0 Å². The van der Waals surface area contributed by atoms with Crippen molar-refractivity contribution < 1.29 is 9.53 Å². The summed E-state index contributed by atoms with van der Waals surface area (Å²) in [6.07, 6.45) is 4.25. The molecule has 0 spiro atoms. The molecule has 0 saturated carbocycles. The Bertz CT molecular complexity index is 654. The number of alkyl carbamates (subject to hydrolysis) is 1. The number of hydrogen-bond donors (Lipinski definition) is 1. The number of amides is 1. The van der Waals surface area contributed by atoms with Gasteiger partial charge in [-0.15, -0.1) is 0 Å². The molecule has 0 radical (unpaired) electrons. The van der Waals surface area contributed by atoms with Gasteiger partial charge in [-0.2, -0.15) is 0 Å². The van der Waals surface area contributed by atoms with Crippen LogP contribution >= 0.6 is 27.5 Å². The van der Waals surface area contributed by atoms with Crippen molar-refractivity contribution in [1.29, 1.82) is 0 Å². The van der Waals surface area contributed by atoms with Gasteiger partial charge >= 0.3 is 6.09 Å². The van der Waals surface area contributed by atoms with Crippen molar-refractivity contribution in [3.8, 4) is 0 Å². The second kappa shape index (κ2) is 9.38. The first-order valence-corrected chi connectivity index (χ1v) is 8.38. The average Bonchev–Trinajstić information content (AvgIpc) is 2.53. The van der Waals surface area contributed by atoms with E-state index in [-0.39, 0.29) is 6.61 Å². The van der Waals surface area contributed by atoms with Gasteiger partial charge in [-0.3, -0.25) is 0 Å². The predicted octanol–water partition coefficient (Wildman–Crippen LogP) is 5.43. The number of carbonyl (C=O) groups is 1. The highest BCUT2D eigenvalue weighted by Crippen LogP contribution is 2.20. The van der Waals surface area contributed by atoms with Crippen molar-refractivity contribution in [2.45, 2.75) is 13.0 Å². The minimum Gasteiger partial charge on any atom is -0.445 e. The van der Waals surface area contributed by atoms with Crippen LogP contribution < -0.4 is 5.32 Å². The Hall–Kier alpha value is -1.78. The van der Waals surface area contributed by atoms with E-state index in [0.29, 0.717) is 18.0 Å². The molecule has 5 heteroatoms. The number of nitrogens with one attached hydrogen (secondary N) is 1. The Kier molecular flexibility index (Phi) is 7.17. The molecule has 2 aromatic carbocycles. The molecule has 120 valence electrons. The largest absolute Gasteiger partial charge is 0.445 e. The van der Waals surface area contributed by atoms with Gasteiger partial charge in [0.2, 0.25) is 0 Å². The number of benzene rings is 2. The second-order valence-electron chi connectivity index (χ2n) is 4.88. The molecule has 1 N–H and O–H groups in total. The molecule has 2 rings (SSSR count). The predicted molar refractivity (Wildman–Crippen MR) is 97.4 cm³/mol. The summed E-state index contributed by atoms with van der Waals surface area (Å²) >= 11 is 9.38. The lowest BCUT2D eigenvalue weighted by atomic mass is 10.2. The van der Waals surface area contributed by atoms with E-state index >= 15 is 0 Å². The van der Waals surface area contributed by atoms with Crippen LogP contribution in [0.2, 0.25) is 5.02 Å². The maximum Gasteiger partial charge on any atom is 0.407 e. The second-order valence-corrected chi connectivity index (χ2v) is 6.23. The average molecular weight is 395 g/mol. The molecular formula is C18H17BrClNO2. The number of hydrogen-bond acceptors (Lipinski definition) is 2. The van der Waals surface area contributed by atoms with Gasteiger partial charge in [-0.05, 0) is 35.7 Å². The molecule has 0 bridgehead atoms. The van der Waals surface area contributed by atoms with Gasteiger partial charge in [0.05, 0.1) is 0 Å². The van der Waals surface area contributed by atoms with Gasteiger partial charge in [0.15, 0.2) is 0 Å². The molecule has 0 aliphatic rings. The lowest BCUT2D eigenvalue weighted by molar-refractivity contribution is 0.140. The van der Waals surface area contributed by atoms with E-state index in [0.717, 1.165) is 15.6 Å². The quantitative estimate of drug-likeness (QED) is 0.663. The minimum absolute atomic E-state index is 0.277. The lowest BCUT2D eigenvalue weighted by Gasteiger charge is -2.05. The Morgan fingerprint density at radius 2 is 2.00 bits per heavy atom. The first-order chi connectivity index (χ1) is 11.1. The van der Waals surface area contributed by atoms with Gasteiger partial charge < -0.3 is 10.1 Å². The normalized spacial score (nSPS) is 10.7. The number of rotatable bonds is 6. The van der Waals surface area contributed by atoms with E-state index in [4.69, 9.17) is 16.3 Å². The topological polar surface area (TPSA) is 38.3 Å². The zero-order valence-corrected chi connectivity index (χ0v) is 14.8. The number of carbonyl (C=O) groups excluding carboxylic acids is 1. The first-order valence-electron chi connectivity index (χ1n) is 7.20. The molecular weight excluding hydrogens is 378 g/mol. The van der Waals surface area contributed by atoms with E-state index < -0.39 is 6.09 Å². The molecule has 0 aromatic heterocycles. The molecule has 1 amide bonds. The molecule has 0 aliphatic carbocycles. The van der Waals surface area contributed by atoms with Gasteiger partial charge in [0.1, 0.15) is 6.61 Å². The SMILES string of the molecule is O=C(NCCC=Cc1cc(Cl)cc(Br)c1)OCc1ccccc1. The molecule has 0 saturated heterocycles. The van der Waals surface area contributed by atoms with Crippen LogP contribution in [0.1, 0.15) is 17.5 Å². The fourth-order valence-corrected chi connectivity index (χ4v) is 2.81. The molecule has 0 unspecified atom stereocenters. The van der Waals surface area contributed by atoms with E-state index in [9.17, 15) is 4.79 Å². The van der Waals surface area contributed by atoms with Crippen LogP contribution in [0.15, 0.2) is 59.1 Å².